The quantitative estimate of drug-likeness (QED) is 0.564. The highest BCUT2D eigenvalue weighted by Crippen LogP contribution is 2.25. The van der Waals surface area contributed by atoms with Gasteiger partial charge in [0.05, 0.1) is 0 Å². The van der Waals surface area contributed by atoms with Crippen molar-refractivity contribution in [3.8, 4) is 0 Å². The van der Waals surface area contributed by atoms with Crippen molar-refractivity contribution in [1.82, 2.24) is 4.90 Å². The molecule has 57 valence electrons. The average Bonchev–Trinajstić information content (AvgIpc) is 1.86. The normalized spacial score (nSPS) is 30.0. The molecule has 1 radical (unpaired) electrons. The van der Waals surface area contributed by atoms with Crippen molar-refractivity contribution in [2.24, 2.45) is 0 Å². The Morgan fingerprint density at radius 2 is 2.00 bits per heavy atom. The van der Waals surface area contributed by atoms with Crippen molar-refractivity contribution in [2.75, 3.05) is 24.6 Å². The maximum absolute atomic E-state index is 2.62. The number of rotatable bonds is 1. The van der Waals surface area contributed by atoms with Gasteiger partial charge >= 0.3 is 0 Å². The van der Waals surface area contributed by atoms with E-state index in [0.717, 1.165) is 6.04 Å². The summed E-state index contributed by atoms with van der Waals surface area (Å²) in [5, 5.41) is 0. The minimum atomic E-state index is 0.862. The Labute approximate surface area is 67.2 Å². The molecule has 0 bridgehead atoms. The number of nitrogens with zero attached hydrogens (tertiary/aromatic N) is 1. The van der Waals surface area contributed by atoms with Gasteiger partial charge in [0.1, 0.15) is 0 Å². The van der Waals surface area contributed by atoms with Crippen LogP contribution < -0.4 is 0 Å². The second-order valence-corrected chi connectivity index (χ2v) is 4.25. The van der Waals surface area contributed by atoms with Crippen LogP contribution in [0, 0.1) is 6.42 Å². The van der Waals surface area contributed by atoms with E-state index in [1.165, 1.54) is 37.4 Å². The Morgan fingerprint density at radius 1 is 1.30 bits per heavy atom. The molecule has 1 nitrogen and oxygen atoms in total. The van der Waals surface area contributed by atoms with Crippen molar-refractivity contribution in [1.29, 1.82) is 0 Å². The van der Waals surface area contributed by atoms with E-state index in [4.69, 9.17) is 0 Å². The Balaban J connectivity index is 1.78. The van der Waals surface area contributed by atoms with Crippen LogP contribution in [0.4, 0.5) is 0 Å². The van der Waals surface area contributed by atoms with Crippen molar-refractivity contribution in [3.05, 3.63) is 6.42 Å². The molecule has 1 unspecified atom stereocenters. The maximum atomic E-state index is 2.62. The van der Waals surface area contributed by atoms with Gasteiger partial charge in [0.25, 0.3) is 0 Å². The Bertz CT molecular complexity index is 106. The van der Waals surface area contributed by atoms with Crippen LogP contribution in [-0.4, -0.2) is 35.5 Å². The van der Waals surface area contributed by atoms with E-state index in [2.05, 4.69) is 23.1 Å². The number of thioether (sulfide) groups is 1. The molecule has 2 heteroatoms. The van der Waals surface area contributed by atoms with Crippen LogP contribution in [0.3, 0.4) is 0 Å². The topological polar surface area (TPSA) is 3.24 Å². The molecule has 0 amide bonds. The fourth-order valence-corrected chi connectivity index (χ4v) is 2.49. The highest BCUT2D eigenvalue weighted by molar-refractivity contribution is 7.99. The molecule has 0 aromatic heterocycles. The van der Waals surface area contributed by atoms with E-state index in [1.54, 1.807) is 0 Å². The molecule has 2 rings (SSSR count). The highest BCUT2D eigenvalue weighted by Gasteiger charge is 2.25. The molecule has 0 N–H and O–H groups in total. The Kier molecular flexibility index (Phi) is 2.19. The zero-order valence-corrected chi connectivity index (χ0v) is 7.07. The molecular formula is C8H14NS. The van der Waals surface area contributed by atoms with Gasteiger partial charge in [-0.15, -0.1) is 0 Å². The van der Waals surface area contributed by atoms with Gasteiger partial charge < -0.3 is 0 Å². The fraction of sp³-hybridized carbons (Fsp3) is 0.875. The molecule has 2 fully saturated rings. The van der Waals surface area contributed by atoms with Crippen molar-refractivity contribution in [3.63, 3.8) is 0 Å². The van der Waals surface area contributed by atoms with Crippen LogP contribution in [0.2, 0.25) is 0 Å². The molecule has 0 spiro atoms. The van der Waals surface area contributed by atoms with Crippen molar-refractivity contribution >= 4 is 11.8 Å². The SMILES string of the molecule is [CH]1CCC1N1CCSCC1. The van der Waals surface area contributed by atoms with Crippen molar-refractivity contribution < 1.29 is 0 Å². The molecule has 2 aliphatic rings. The summed E-state index contributed by atoms with van der Waals surface area (Å²) in [4.78, 5) is 2.62. The van der Waals surface area contributed by atoms with Crippen LogP contribution in [0.15, 0.2) is 0 Å². The van der Waals surface area contributed by atoms with Crippen LogP contribution in [0.25, 0.3) is 0 Å². The summed E-state index contributed by atoms with van der Waals surface area (Å²) in [5.74, 6) is 2.70. The summed E-state index contributed by atoms with van der Waals surface area (Å²) in [6, 6.07) is 0.862. The third-order valence-corrected chi connectivity index (χ3v) is 3.36. The molecule has 1 saturated carbocycles. The Morgan fingerprint density at radius 3 is 2.50 bits per heavy atom. The third-order valence-electron chi connectivity index (χ3n) is 2.42. The third kappa shape index (κ3) is 1.32. The molecule has 10 heavy (non-hydrogen) atoms. The van der Waals surface area contributed by atoms with E-state index in [9.17, 15) is 0 Å². The van der Waals surface area contributed by atoms with E-state index >= 15 is 0 Å². The van der Waals surface area contributed by atoms with Gasteiger partial charge in [-0.05, 0) is 19.3 Å². The molecule has 0 aromatic rings. The molecule has 1 aliphatic carbocycles. The minimum Gasteiger partial charge on any atom is -0.298 e. The van der Waals surface area contributed by atoms with Crippen LogP contribution in [0.1, 0.15) is 12.8 Å². The van der Waals surface area contributed by atoms with Gasteiger partial charge in [-0.1, -0.05) is 0 Å². The van der Waals surface area contributed by atoms with Gasteiger partial charge in [0.2, 0.25) is 0 Å². The molecule has 0 aromatic carbocycles. The zero-order chi connectivity index (χ0) is 6.81. The predicted molar refractivity (Wildman–Crippen MR) is 46.2 cm³/mol. The summed E-state index contributed by atoms with van der Waals surface area (Å²) in [5.41, 5.74) is 0. The lowest BCUT2D eigenvalue weighted by Gasteiger charge is -2.39. The summed E-state index contributed by atoms with van der Waals surface area (Å²) in [7, 11) is 0. The molecule has 1 saturated heterocycles. The van der Waals surface area contributed by atoms with E-state index in [0.29, 0.717) is 0 Å². The zero-order valence-electron chi connectivity index (χ0n) is 6.25. The first kappa shape index (κ1) is 6.99. The lowest BCUT2D eigenvalue weighted by atomic mass is 9.91. The first-order chi connectivity index (χ1) is 4.97. The predicted octanol–water partition coefficient (Wildman–Crippen LogP) is 1.40. The van der Waals surface area contributed by atoms with Gasteiger partial charge in [-0.25, -0.2) is 0 Å². The smallest absolute Gasteiger partial charge is 0.0127 e. The summed E-state index contributed by atoms with van der Waals surface area (Å²) < 4.78 is 0. The van der Waals surface area contributed by atoms with Crippen LogP contribution in [0.5, 0.6) is 0 Å². The van der Waals surface area contributed by atoms with Gasteiger partial charge in [0.15, 0.2) is 0 Å². The minimum absolute atomic E-state index is 0.862. The van der Waals surface area contributed by atoms with E-state index < -0.39 is 0 Å². The lowest BCUT2D eigenvalue weighted by molar-refractivity contribution is 0.191. The lowest BCUT2D eigenvalue weighted by Crippen LogP contribution is -2.45. The number of hydrogen-bond acceptors (Lipinski definition) is 2. The highest BCUT2D eigenvalue weighted by atomic mass is 32.2. The second kappa shape index (κ2) is 3.14. The molecule has 1 aliphatic heterocycles. The Hall–Kier alpha value is 0.310. The van der Waals surface area contributed by atoms with Crippen molar-refractivity contribution in [2.45, 2.75) is 18.9 Å². The standard InChI is InChI=1S/C8H14NS/c1-2-8(3-1)9-4-6-10-7-5-9/h2,8H,1,3-7H2. The summed E-state index contributed by atoms with van der Waals surface area (Å²) in [6.45, 7) is 2.65. The maximum Gasteiger partial charge on any atom is 0.0127 e. The largest absolute Gasteiger partial charge is 0.298 e. The van der Waals surface area contributed by atoms with Crippen LogP contribution >= 0.6 is 11.8 Å². The average molecular weight is 156 g/mol. The second-order valence-electron chi connectivity index (χ2n) is 3.03. The summed E-state index contributed by atoms with van der Waals surface area (Å²) in [6.07, 6.45) is 5.23. The summed E-state index contributed by atoms with van der Waals surface area (Å²) >= 11 is 2.10. The molecular weight excluding hydrogens is 142 g/mol. The first-order valence-corrected chi connectivity index (χ1v) is 5.27. The number of hydrogen-bond donors (Lipinski definition) is 0. The molecule has 1 heterocycles. The van der Waals surface area contributed by atoms with Gasteiger partial charge in [-0.2, -0.15) is 11.8 Å². The fourth-order valence-electron chi connectivity index (χ4n) is 1.56. The first-order valence-electron chi connectivity index (χ1n) is 4.12. The molecule has 1 atom stereocenters. The van der Waals surface area contributed by atoms with Gasteiger partial charge in [0, 0.05) is 30.6 Å². The monoisotopic (exact) mass is 156 g/mol. The van der Waals surface area contributed by atoms with Gasteiger partial charge in [-0.3, -0.25) is 4.90 Å². The van der Waals surface area contributed by atoms with E-state index in [1.807, 2.05) is 0 Å². The van der Waals surface area contributed by atoms with Crippen LogP contribution in [-0.2, 0) is 0 Å². The van der Waals surface area contributed by atoms with E-state index in [-0.39, 0.29) is 0 Å².